The second-order valence-corrected chi connectivity index (χ2v) is 6.07. The van der Waals surface area contributed by atoms with E-state index in [1.165, 1.54) is 0 Å². The number of hydrogen-bond acceptors (Lipinski definition) is 2. The Morgan fingerprint density at radius 1 is 0.800 bits per heavy atom. The maximum atomic E-state index is 11.8. The quantitative estimate of drug-likeness (QED) is 0.448. The van der Waals surface area contributed by atoms with Crippen molar-refractivity contribution < 1.29 is 4.79 Å². The molecule has 4 rings (SSSR count). The Kier molecular flexibility index (Phi) is 3.87. The van der Waals surface area contributed by atoms with Crippen LogP contribution in [0.2, 0.25) is 0 Å². The van der Waals surface area contributed by atoms with E-state index in [9.17, 15) is 4.79 Å². The van der Waals surface area contributed by atoms with Gasteiger partial charge in [-0.05, 0) is 23.9 Å². The molecule has 1 aromatic heterocycles. The molecule has 0 saturated carbocycles. The Hall–Kier alpha value is -3.26. The van der Waals surface area contributed by atoms with Gasteiger partial charge in [0, 0.05) is 28.3 Å². The first-order valence-electron chi connectivity index (χ1n) is 8.28. The molecule has 0 aliphatic heterocycles. The zero-order chi connectivity index (χ0) is 17.2. The van der Waals surface area contributed by atoms with Crippen LogP contribution in [0.25, 0.3) is 33.2 Å². The van der Waals surface area contributed by atoms with E-state index >= 15 is 0 Å². The van der Waals surface area contributed by atoms with Gasteiger partial charge in [0.25, 0.3) is 0 Å². The molecule has 0 aliphatic rings. The first-order valence-corrected chi connectivity index (χ1v) is 8.28. The Bertz CT molecular complexity index is 1070. The van der Waals surface area contributed by atoms with Gasteiger partial charge in [0.15, 0.2) is 5.78 Å². The Labute approximate surface area is 146 Å². The third-order valence-electron chi connectivity index (χ3n) is 4.40. The summed E-state index contributed by atoms with van der Waals surface area (Å²) in [4.78, 5) is 16.6. The molecule has 0 atom stereocenters. The molecule has 3 aromatic carbocycles. The fraction of sp³-hybridized carbons (Fsp3) is 0.0435. The van der Waals surface area contributed by atoms with Crippen LogP contribution in [0.1, 0.15) is 17.3 Å². The fourth-order valence-electron chi connectivity index (χ4n) is 3.16. The summed E-state index contributed by atoms with van der Waals surface area (Å²) in [6.07, 6.45) is 1.91. The summed E-state index contributed by atoms with van der Waals surface area (Å²) in [5.41, 5.74) is 4.78. The number of carbonyl (C=O) groups excluding carboxylic acids is 1. The number of rotatable bonds is 3. The summed E-state index contributed by atoms with van der Waals surface area (Å²) < 4.78 is 0. The molecule has 0 saturated heterocycles. The Morgan fingerprint density at radius 3 is 2.32 bits per heavy atom. The number of Topliss-reactive ketones (excluding diaryl/α,β-unsaturated/α-hetero) is 1. The lowest BCUT2D eigenvalue weighted by atomic mass is 9.93. The molecule has 0 N–H and O–H groups in total. The molecule has 1 heterocycles. The molecule has 0 bridgehead atoms. The van der Waals surface area contributed by atoms with Crippen molar-refractivity contribution in [2.45, 2.75) is 6.92 Å². The molecule has 4 aromatic rings. The number of nitrogens with zero attached hydrogens (tertiary/aromatic N) is 1. The molecular weight excluding hydrogens is 306 g/mol. The number of aromatic nitrogens is 1. The molecule has 25 heavy (non-hydrogen) atoms. The van der Waals surface area contributed by atoms with E-state index in [1.54, 1.807) is 6.92 Å². The number of fused-ring (bicyclic) bond motifs is 1. The van der Waals surface area contributed by atoms with Gasteiger partial charge in [-0.3, -0.25) is 9.78 Å². The van der Waals surface area contributed by atoms with E-state index < -0.39 is 0 Å². The van der Waals surface area contributed by atoms with Crippen LogP contribution in [0.3, 0.4) is 0 Å². The average molecular weight is 323 g/mol. The summed E-state index contributed by atoms with van der Waals surface area (Å²) in [7, 11) is 0. The molecule has 0 aliphatic carbocycles. The highest BCUT2D eigenvalue weighted by Crippen LogP contribution is 2.36. The highest BCUT2D eigenvalue weighted by Gasteiger charge is 2.14. The highest BCUT2D eigenvalue weighted by molar-refractivity contribution is 6.03. The van der Waals surface area contributed by atoms with Gasteiger partial charge < -0.3 is 0 Å². The second-order valence-electron chi connectivity index (χ2n) is 6.07. The largest absolute Gasteiger partial charge is 0.295 e. The van der Waals surface area contributed by atoms with Crippen molar-refractivity contribution in [2.75, 3.05) is 0 Å². The topological polar surface area (TPSA) is 30.0 Å². The number of pyridine rings is 1. The molecule has 0 amide bonds. The SMILES string of the molecule is CC(=O)c1cccc(-c2c(-c3ccccc3)ncc3ccccc23)c1. The van der Waals surface area contributed by atoms with Crippen LogP contribution >= 0.6 is 0 Å². The molecule has 2 heteroatoms. The van der Waals surface area contributed by atoms with Gasteiger partial charge in [-0.2, -0.15) is 0 Å². The number of ketones is 1. The highest BCUT2D eigenvalue weighted by atomic mass is 16.1. The molecule has 0 radical (unpaired) electrons. The maximum absolute atomic E-state index is 11.8. The van der Waals surface area contributed by atoms with E-state index in [4.69, 9.17) is 4.98 Å². The smallest absolute Gasteiger partial charge is 0.159 e. The van der Waals surface area contributed by atoms with Crippen molar-refractivity contribution in [3.63, 3.8) is 0 Å². The van der Waals surface area contributed by atoms with E-state index in [0.717, 1.165) is 33.2 Å². The maximum Gasteiger partial charge on any atom is 0.159 e. The van der Waals surface area contributed by atoms with E-state index in [1.807, 2.05) is 60.8 Å². The van der Waals surface area contributed by atoms with Crippen molar-refractivity contribution in [1.82, 2.24) is 4.98 Å². The van der Waals surface area contributed by atoms with Crippen LogP contribution in [-0.2, 0) is 0 Å². The second kappa shape index (κ2) is 6.33. The third-order valence-corrected chi connectivity index (χ3v) is 4.40. The van der Waals surface area contributed by atoms with Gasteiger partial charge in [-0.15, -0.1) is 0 Å². The lowest BCUT2D eigenvalue weighted by Gasteiger charge is -2.13. The first-order chi connectivity index (χ1) is 12.2. The van der Waals surface area contributed by atoms with E-state index in [-0.39, 0.29) is 5.78 Å². The van der Waals surface area contributed by atoms with Crippen molar-refractivity contribution in [3.8, 4) is 22.4 Å². The van der Waals surface area contributed by atoms with Crippen molar-refractivity contribution in [2.24, 2.45) is 0 Å². The number of hydrogen-bond donors (Lipinski definition) is 0. The van der Waals surface area contributed by atoms with Crippen LogP contribution in [0.4, 0.5) is 0 Å². The third kappa shape index (κ3) is 2.83. The van der Waals surface area contributed by atoms with Crippen molar-refractivity contribution >= 4 is 16.6 Å². The summed E-state index contributed by atoms with van der Waals surface area (Å²) in [6.45, 7) is 1.60. The summed E-state index contributed by atoms with van der Waals surface area (Å²) in [6, 6.07) is 26.2. The zero-order valence-corrected chi connectivity index (χ0v) is 13.9. The van der Waals surface area contributed by atoms with Gasteiger partial charge >= 0.3 is 0 Å². The lowest BCUT2D eigenvalue weighted by molar-refractivity contribution is 0.101. The predicted octanol–water partition coefficient (Wildman–Crippen LogP) is 5.77. The summed E-state index contributed by atoms with van der Waals surface area (Å²) in [5, 5.41) is 2.22. The minimum Gasteiger partial charge on any atom is -0.295 e. The molecular formula is C23H17NO. The van der Waals surface area contributed by atoms with Gasteiger partial charge in [0.1, 0.15) is 0 Å². The molecule has 0 fully saturated rings. The van der Waals surface area contributed by atoms with E-state index in [0.29, 0.717) is 5.56 Å². The average Bonchev–Trinajstić information content (AvgIpc) is 2.68. The molecule has 2 nitrogen and oxygen atoms in total. The summed E-state index contributed by atoms with van der Waals surface area (Å²) >= 11 is 0. The first kappa shape index (κ1) is 15.3. The van der Waals surface area contributed by atoms with Crippen LogP contribution in [0.5, 0.6) is 0 Å². The van der Waals surface area contributed by atoms with Crippen LogP contribution < -0.4 is 0 Å². The monoisotopic (exact) mass is 323 g/mol. The Balaban J connectivity index is 2.06. The van der Waals surface area contributed by atoms with Crippen molar-refractivity contribution in [3.05, 3.63) is 90.6 Å². The fourth-order valence-corrected chi connectivity index (χ4v) is 3.16. The molecule has 0 spiro atoms. The molecule has 0 unspecified atom stereocenters. The summed E-state index contributed by atoms with van der Waals surface area (Å²) in [5.74, 6) is 0.0660. The number of carbonyl (C=O) groups is 1. The Morgan fingerprint density at radius 2 is 1.52 bits per heavy atom. The number of benzene rings is 3. The minimum absolute atomic E-state index is 0.0660. The van der Waals surface area contributed by atoms with Crippen molar-refractivity contribution in [1.29, 1.82) is 0 Å². The van der Waals surface area contributed by atoms with Gasteiger partial charge in [-0.25, -0.2) is 0 Å². The van der Waals surface area contributed by atoms with Gasteiger partial charge in [0.05, 0.1) is 5.69 Å². The lowest BCUT2D eigenvalue weighted by Crippen LogP contribution is -1.95. The normalized spacial score (nSPS) is 10.8. The van der Waals surface area contributed by atoms with Gasteiger partial charge in [0.2, 0.25) is 0 Å². The molecule has 120 valence electrons. The standard InChI is InChI=1S/C23H17NO/c1-16(25)18-11-7-12-19(14-18)22-21-13-6-5-10-20(21)15-24-23(22)17-8-3-2-4-9-17/h2-15H,1H3. The van der Waals surface area contributed by atoms with Crippen LogP contribution in [0.15, 0.2) is 85.1 Å². The van der Waals surface area contributed by atoms with Crippen LogP contribution in [-0.4, -0.2) is 10.8 Å². The zero-order valence-electron chi connectivity index (χ0n) is 13.9. The minimum atomic E-state index is 0.0660. The predicted molar refractivity (Wildman–Crippen MR) is 103 cm³/mol. The van der Waals surface area contributed by atoms with Crippen LogP contribution in [0, 0.1) is 0 Å². The van der Waals surface area contributed by atoms with E-state index in [2.05, 4.69) is 24.3 Å². The van der Waals surface area contributed by atoms with Gasteiger partial charge in [-0.1, -0.05) is 72.8 Å².